The van der Waals surface area contributed by atoms with E-state index in [1.54, 1.807) is 6.07 Å². The number of carbonyl (C=O) groups is 1. The van der Waals surface area contributed by atoms with Crippen LogP contribution in [-0.2, 0) is 0 Å². The molecular formula is C17H19ClN2O. The van der Waals surface area contributed by atoms with Crippen molar-refractivity contribution < 1.29 is 4.79 Å². The predicted octanol–water partition coefficient (Wildman–Crippen LogP) is 4.64. The maximum absolute atomic E-state index is 12.6. The summed E-state index contributed by atoms with van der Waals surface area (Å²) in [5.41, 5.74) is 4.08. The van der Waals surface area contributed by atoms with Gasteiger partial charge in [0.05, 0.1) is 16.3 Å². The van der Waals surface area contributed by atoms with Crippen LogP contribution in [0.2, 0.25) is 5.02 Å². The molecule has 2 aromatic rings. The van der Waals surface area contributed by atoms with Crippen LogP contribution in [-0.4, -0.2) is 12.5 Å². The van der Waals surface area contributed by atoms with Crippen LogP contribution in [0.15, 0.2) is 36.4 Å². The third-order valence-corrected chi connectivity index (χ3v) is 3.56. The van der Waals surface area contributed by atoms with Crippen molar-refractivity contribution in [2.45, 2.75) is 20.8 Å². The first-order valence-corrected chi connectivity index (χ1v) is 7.31. The Balaban J connectivity index is 2.34. The normalized spacial score (nSPS) is 10.3. The molecule has 2 rings (SSSR count). The molecule has 0 unspecified atom stereocenters. The number of hydrogen-bond donors (Lipinski definition) is 2. The number of anilines is 2. The summed E-state index contributed by atoms with van der Waals surface area (Å²) in [7, 11) is 0. The van der Waals surface area contributed by atoms with Gasteiger partial charge >= 0.3 is 0 Å². The van der Waals surface area contributed by atoms with E-state index in [0.717, 1.165) is 23.4 Å². The summed E-state index contributed by atoms with van der Waals surface area (Å²) in [6.07, 6.45) is 0. The summed E-state index contributed by atoms with van der Waals surface area (Å²) in [5, 5.41) is 6.66. The number of benzene rings is 2. The first kappa shape index (κ1) is 15.4. The quantitative estimate of drug-likeness (QED) is 0.863. The van der Waals surface area contributed by atoms with E-state index < -0.39 is 0 Å². The molecule has 0 aliphatic carbocycles. The van der Waals surface area contributed by atoms with E-state index >= 15 is 0 Å². The Kier molecular flexibility index (Phi) is 4.86. The highest BCUT2D eigenvalue weighted by atomic mass is 35.5. The number of amides is 1. The summed E-state index contributed by atoms with van der Waals surface area (Å²) in [5.74, 6) is -0.161. The molecule has 21 heavy (non-hydrogen) atoms. The lowest BCUT2D eigenvalue weighted by Crippen LogP contribution is -2.16. The van der Waals surface area contributed by atoms with Gasteiger partial charge in [-0.3, -0.25) is 4.79 Å². The van der Waals surface area contributed by atoms with E-state index in [0.29, 0.717) is 16.3 Å². The fraction of sp³-hybridized carbons (Fsp3) is 0.235. The highest BCUT2D eigenvalue weighted by Crippen LogP contribution is 2.27. The number of aryl methyl sites for hydroxylation is 2. The molecular weight excluding hydrogens is 284 g/mol. The maximum atomic E-state index is 12.6. The van der Waals surface area contributed by atoms with E-state index in [9.17, 15) is 4.79 Å². The molecule has 3 nitrogen and oxygen atoms in total. The van der Waals surface area contributed by atoms with Gasteiger partial charge in [-0.15, -0.1) is 0 Å². The third-order valence-electron chi connectivity index (χ3n) is 3.25. The fourth-order valence-corrected chi connectivity index (χ4v) is 2.43. The molecule has 0 saturated carbocycles. The van der Waals surface area contributed by atoms with Gasteiger partial charge in [-0.25, -0.2) is 0 Å². The van der Waals surface area contributed by atoms with Crippen LogP contribution in [0.1, 0.15) is 28.4 Å². The van der Waals surface area contributed by atoms with Crippen LogP contribution >= 0.6 is 11.6 Å². The van der Waals surface area contributed by atoms with Gasteiger partial charge in [0.15, 0.2) is 0 Å². The van der Waals surface area contributed by atoms with Gasteiger partial charge in [0.25, 0.3) is 5.91 Å². The average molecular weight is 303 g/mol. The second-order valence-corrected chi connectivity index (χ2v) is 5.37. The molecule has 0 radical (unpaired) electrons. The molecule has 2 aromatic carbocycles. The van der Waals surface area contributed by atoms with Gasteiger partial charge in [-0.05, 0) is 44.5 Å². The molecule has 0 saturated heterocycles. The van der Waals surface area contributed by atoms with E-state index in [1.807, 2.05) is 51.1 Å². The predicted molar refractivity (Wildman–Crippen MR) is 89.5 cm³/mol. The van der Waals surface area contributed by atoms with E-state index in [2.05, 4.69) is 10.6 Å². The van der Waals surface area contributed by atoms with Gasteiger partial charge in [-0.2, -0.15) is 0 Å². The van der Waals surface area contributed by atoms with Crippen molar-refractivity contribution in [1.82, 2.24) is 0 Å². The Bertz CT molecular complexity index is 648. The van der Waals surface area contributed by atoms with Crippen molar-refractivity contribution in [3.8, 4) is 0 Å². The summed E-state index contributed by atoms with van der Waals surface area (Å²) >= 11 is 6.16. The van der Waals surface area contributed by atoms with Crippen LogP contribution in [0.4, 0.5) is 11.4 Å². The molecule has 0 atom stereocenters. The fourth-order valence-electron chi connectivity index (χ4n) is 2.16. The Hall–Kier alpha value is -2.00. The number of para-hydroxylation sites is 1. The molecule has 0 aliphatic rings. The van der Waals surface area contributed by atoms with Gasteiger partial charge in [0, 0.05) is 12.2 Å². The molecule has 4 heteroatoms. The van der Waals surface area contributed by atoms with Crippen molar-refractivity contribution >= 4 is 28.9 Å². The minimum atomic E-state index is -0.161. The van der Waals surface area contributed by atoms with Crippen LogP contribution in [0, 0.1) is 13.8 Å². The Morgan fingerprint density at radius 3 is 2.62 bits per heavy atom. The standard InChI is InChI=1S/C17H19ClN2O/c1-4-19-15-9-8-11(2)10-13(15)17(21)20-16-12(3)6-5-7-14(16)18/h5-10,19H,4H2,1-3H3,(H,20,21). The van der Waals surface area contributed by atoms with E-state index in [-0.39, 0.29) is 5.91 Å². The van der Waals surface area contributed by atoms with Crippen molar-refractivity contribution in [3.05, 3.63) is 58.1 Å². The Morgan fingerprint density at radius 2 is 1.95 bits per heavy atom. The average Bonchev–Trinajstić information content (AvgIpc) is 2.45. The number of hydrogen-bond acceptors (Lipinski definition) is 2. The molecule has 0 heterocycles. The molecule has 0 spiro atoms. The topological polar surface area (TPSA) is 41.1 Å². The van der Waals surface area contributed by atoms with Crippen LogP contribution in [0.25, 0.3) is 0 Å². The second kappa shape index (κ2) is 6.64. The van der Waals surface area contributed by atoms with E-state index in [4.69, 9.17) is 11.6 Å². The van der Waals surface area contributed by atoms with Crippen molar-refractivity contribution in [2.75, 3.05) is 17.2 Å². The van der Waals surface area contributed by atoms with Gasteiger partial charge in [0.2, 0.25) is 0 Å². The Morgan fingerprint density at radius 1 is 1.19 bits per heavy atom. The minimum absolute atomic E-state index is 0.161. The number of nitrogens with one attached hydrogen (secondary N) is 2. The highest BCUT2D eigenvalue weighted by molar-refractivity contribution is 6.34. The first-order valence-electron chi connectivity index (χ1n) is 6.94. The lowest BCUT2D eigenvalue weighted by molar-refractivity contribution is 0.102. The minimum Gasteiger partial charge on any atom is -0.385 e. The summed E-state index contributed by atoms with van der Waals surface area (Å²) in [4.78, 5) is 12.6. The molecule has 110 valence electrons. The van der Waals surface area contributed by atoms with Crippen LogP contribution in [0.5, 0.6) is 0 Å². The van der Waals surface area contributed by atoms with Crippen molar-refractivity contribution in [2.24, 2.45) is 0 Å². The monoisotopic (exact) mass is 302 g/mol. The van der Waals surface area contributed by atoms with Gasteiger partial charge in [-0.1, -0.05) is 35.4 Å². The molecule has 1 amide bonds. The Labute approximate surface area is 130 Å². The molecule has 0 bridgehead atoms. The highest BCUT2D eigenvalue weighted by Gasteiger charge is 2.14. The van der Waals surface area contributed by atoms with Crippen LogP contribution < -0.4 is 10.6 Å². The third kappa shape index (κ3) is 3.56. The van der Waals surface area contributed by atoms with Crippen molar-refractivity contribution in [1.29, 1.82) is 0 Å². The summed E-state index contributed by atoms with van der Waals surface area (Å²) < 4.78 is 0. The number of carbonyl (C=O) groups excluding carboxylic acids is 1. The smallest absolute Gasteiger partial charge is 0.257 e. The van der Waals surface area contributed by atoms with E-state index in [1.165, 1.54) is 0 Å². The van der Waals surface area contributed by atoms with Crippen molar-refractivity contribution in [3.63, 3.8) is 0 Å². The maximum Gasteiger partial charge on any atom is 0.257 e. The van der Waals surface area contributed by atoms with Gasteiger partial charge in [0.1, 0.15) is 0 Å². The molecule has 0 aliphatic heterocycles. The zero-order valence-corrected chi connectivity index (χ0v) is 13.2. The summed E-state index contributed by atoms with van der Waals surface area (Å²) in [6, 6.07) is 11.3. The zero-order valence-electron chi connectivity index (χ0n) is 12.5. The second-order valence-electron chi connectivity index (χ2n) is 4.97. The first-order chi connectivity index (χ1) is 10.0. The largest absolute Gasteiger partial charge is 0.385 e. The number of rotatable bonds is 4. The SMILES string of the molecule is CCNc1ccc(C)cc1C(=O)Nc1c(C)cccc1Cl. The van der Waals surface area contributed by atoms with Crippen LogP contribution in [0.3, 0.4) is 0 Å². The lowest BCUT2D eigenvalue weighted by atomic mass is 10.1. The molecule has 2 N–H and O–H groups in total. The zero-order chi connectivity index (χ0) is 15.4. The molecule has 0 fully saturated rings. The van der Waals surface area contributed by atoms with Gasteiger partial charge < -0.3 is 10.6 Å². The molecule has 0 aromatic heterocycles. The number of halogens is 1. The lowest BCUT2D eigenvalue weighted by Gasteiger charge is -2.14. The summed E-state index contributed by atoms with van der Waals surface area (Å²) in [6.45, 7) is 6.64.